The van der Waals surface area contributed by atoms with Gasteiger partial charge in [0, 0.05) is 15.7 Å². The molecule has 35 heavy (non-hydrogen) atoms. The SMILES string of the molecule is COC(=O)c1ccc(N2C(=O)C(Cl)=C(Nc3ccc(C(=O)Nc4ccccc4Br)cc3)C2=O)cc1. The number of ether oxygens (including phenoxy) is 1. The van der Waals surface area contributed by atoms with Gasteiger partial charge in [-0.05, 0) is 76.6 Å². The van der Waals surface area contributed by atoms with Crippen LogP contribution in [0.25, 0.3) is 0 Å². The van der Waals surface area contributed by atoms with E-state index in [-0.39, 0.29) is 27.9 Å². The fourth-order valence-electron chi connectivity index (χ4n) is 3.32. The first kappa shape index (κ1) is 24.2. The van der Waals surface area contributed by atoms with Gasteiger partial charge in [0.15, 0.2) is 0 Å². The van der Waals surface area contributed by atoms with Gasteiger partial charge in [0.05, 0.1) is 24.0 Å². The van der Waals surface area contributed by atoms with Crippen LogP contribution in [0, 0.1) is 0 Å². The molecule has 0 aromatic heterocycles. The maximum atomic E-state index is 13.0. The van der Waals surface area contributed by atoms with Crippen molar-refractivity contribution in [3.63, 3.8) is 0 Å². The van der Waals surface area contributed by atoms with E-state index >= 15 is 0 Å². The Morgan fingerprint density at radius 3 is 2.14 bits per heavy atom. The Bertz CT molecular complexity index is 1370. The third-order valence-electron chi connectivity index (χ3n) is 5.11. The Balaban J connectivity index is 1.47. The van der Waals surface area contributed by atoms with E-state index in [1.54, 1.807) is 30.3 Å². The number of hydrogen-bond acceptors (Lipinski definition) is 6. The van der Waals surface area contributed by atoms with E-state index in [0.29, 0.717) is 16.9 Å². The number of nitrogens with one attached hydrogen (secondary N) is 2. The number of hydrogen-bond donors (Lipinski definition) is 2. The van der Waals surface area contributed by atoms with Gasteiger partial charge in [0.25, 0.3) is 17.7 Å². The van der Waals surface area contributed by atoms with E-state index in [1.165, 1.54) is 31.4 Å². The molecule has 1 heterocycles. The smallest absolute Gasteiger partial charge is 0.337 e. The average molecular weight is 555 g/mol. The van der Waals surface area contributed by atoms with E-state index in [2.05, 4.69) is 31.3 Å². The summed E-state index contributed by atoms with van der Waals surface area (Å²) in [5, 5.41) is 5.39. The molecule has 0 saturated carbocycles. The van der Waals surface area contributed by atoms with Gasteiger partial charge < -0.3 is 15.4 Å². The van der Waals surface area contributed by atoms with Crippen LogP contribution in [0.1, 0.15) is 20.7 Å². The number of carbonyl (C=O) groups is 4. The molecule has 2 N–H and O–H groups in total. The minimum Gasteiger partial charge on any atom is -0.465 e. The predicted molar refractivity (Wildman–Crippen MR) is 135 cm³/mol. The van der Waals surface area contributed by atoms with Gasteiger partial charge in [-0.15, -0.1) is 0 Å². The second-order valence-electron chi connectivity index (χ2n) is 7.31. The van der Waals surface area contributed by atoms with Crippen molar-refractivity contribution in [2.75, 3.05) is 22.6 Å². The van der Waals surface area contributed by atoms with Crippen molar-refractivity contribution in [2.45, 2.75) is 0 Å². The van der Waals surface area contributed by atoms with Crippen LogP contribution in [0.15, 0.2) is 88.0 Å². The molecule has 8 nitrogen and oxygen atoms in total. The Kier molecular flexibility index (Phi) is 6.99. The summed E-state index contributed by atoms with van der Waals surface area (Å²) in [6, 6.07) is 19.4. The quantitative estimate of drug-likeness (QED) is 0.331. The van der Waals surface area contributed by atoms with Crippen molar-refractivity contribution in [2.24, 2.45) is 0 Å². The van der Waals surface area contributed by atoms with Crippen LogP contribution in [0.4, 0.5) is 17.1 Å². The van der Waals surface area contributed by atoms with Crippen molar-refractivity contribution in [1.29, 1.82) is 0 Å². The molecule has 3 aromatic rings. The van der Waals surface area contributed by atoms with Crippen molar-refractivity contribution >= 4 is 68.3 Å². The van der Waals surface area contributed by atoms with Crippen molar-refractivity contribution < 1.29 is 23.9 Å². The molecular formula is C25H17BrClN3O5. The summed E-state index contributed by atoms with van der Waals surface area (Å²) >= 11 is 9.55. The molecule has 1 aliphatic heterocycles. The minimum absolute atomic E-state index is 0.0980. The monoisotopic (exact) mass is 553 g/mol. The highest BCUT2D eigenvalue weighted by molar-refractivity contribution is 9.10. The van der Waals surface area contributed by atoms with Crippen LogP contribution in [0.5, 0.6) is 0 Å². The molecule has 0 unspecified atom stereocenters. The number of nitrogens with zero attached hydrogens (tertiary/aromatic N) is 1. The van der Waals surface area contributed by atoms with E-state index < -0.39 is 17.8 Å². The first-order chi connectivity index (χ1) is 16.8. The number of anilines is 3. The molecule has 176 valence electrons. The van der Waals surface area contributed by atoms with E-state index in [1.807, 2.05) is 18.2 Å². The molecule has 0 spiro atoms. The van der Waals surface area contributed by atoms with Crippen molar-refractivity contribution in [3.05, 3.63) is 99.1 Å². The van der Waals surface area contributed by atoms with Crippen LogP contribution < -0.4 is 15.5 Å². The molecule has 3 amide bonds. The number of para-hydroxylation sites is 1. The highest BCUT2D eigenvalue weighted by Crippen LogP contribution is 2.30. The number of amides is 3. The van der Waals surface area contributed by atoms with Crippen LogP contribution in [0.2, 0.25) is 0 Å². The fraction of sp³-hybridized carbons (Fsp3) is 0.0400. The first-order valence-electron chi connectivity index (χ1n) is 10.2. The lowest BCUT2D eigenvalue weighted by molar-refractivity contribution is -0.120. The zero-order valence-electron chi connectivity index (χ0n) is 18.2. The number of methoxy groups -OCH3 is 1. The van der Waals surface area contributed by atoms with Crippen LogP contribution in [0.3, 0.4) is 0 Å². The average Bonchev–Trinajstić information content (AvgIpc) is 3.08. The van der Waals surface area contributed by atoms with Gasteiger partial charge >= 0.3 is 5.97 Å². The third kappa shape index (κ3) is 4.96. The topological polar surface area (TPSA) is 105 Å². The van der Waals surface area contributed by atoms with Crippen LogP contribution >= 0.6 is 27.5 Å². The number of esters is 1. The summed E-state index contributed by atoms with van der Waals surface area (Å²) in [7, 11) is 1.26. The molecule has 0 fully saturated rings. The normalized spacial score (nSPS) is 13.2. The standard InChI is InChI=1S/C25H17BrClN3O5/c1-35-25(34)15-8-12-17(13-9-15)30-23(32)20(27)21(24(30)33)28-16-10-6-14(7-11-16)22(31)29-19-5-3-2-4-18(19)26/h2-13,28H,1H3,(H,29,31). The molecule has 0 saturated heterocycles. The molecule has 0 aliphatic carbocycles. The van der Waals surface area contributed by atoms with E-state index in [0.717, 1.165) is 9.37 Å². The fourth-order valence-corrected chi connectivity index (χ4v) is 3.91. The summed E-state index contributed by atoms with van der Waals surface area (Å²) < 4.78 is 5.40. The Hall–Kier alpha value is -3.95. The summed E-state index contributed by atoms with van der Waals surface area (Å²) in [4.78, 5) is 50.7. The molecular weight excluding hydrogens is 538 g/mol. The molecule has 10 heteroatoms. The van der Waals surface area contributed by atoms with Gasteiger partial charge in [-0.2, -0.15) is 0 Å². The summed E-state index contributed by atoms with van der Waals surface area (Å²) in [6.45, 7) is 0. The number of carbonyl (C=O) groups excluding carboxylic acids is 4. The predicted octanol–water partition coefficient (Wildman–Crippen LogP) is 4.92. The van der Waals surface area contributed by atoms with Gasteiger partial charge in [0.1, 0.15) is 10.7 Å². The van der Waals surface area contributed by atoms with Crippen molar-refractivity contribution in [1.82, 2.24) is 0 Å². The Morgan fingerprint density at radius 2 is 1.51 bits per heavy atom. The van der Waals surface area contributed by atoms with E-state index in [4.69, 9.17) is 11.6 Å². The first-order valence-corrected chi connectivity index (χ1v) is 11.4. The lowest BCUT2D eigenvalue weighted by Crippen LogP contribution is -2.32. The molecule has 3 aromatic carbocycles. The van der Waals surface area contributed by atoms with Crippen molar-refractivity contribution in [3.8, 4) is 0 Å². The summed E-state index contributed by atoms with van der Waals surface area (Å²) in [6.07, 6.45) is 0. The Morgan fingerprint density at radius 1 is 0.886 bits per heavy atom. The zero-order valence-corrected chi connectivity index (χ0v) is 20.5. The van der Waals surface area contributed by atoms with E-state index in [9.17, 15) is 19.2 Å². The molecule has 0 radical (unpaired) electrons. The van der Waals surface area contributed by atoms with Crippen LogP contribution in [-0.2, 0) is 14.3 Å². The molecule has 0 bridgehead atoms. The molecule has 1 aliphatic rings. The van der Waals surface area contributed by atoms with Gasteiger partial charge in [-0.25, -0.2) is 9.69 Å². The van der Waals surface area contributed by atoms with Gasteiger partial charge in [0.2, 0.25) is 0 Å². The number of benzene rings is 3. The lowest BCUT2D eigenvalue weighted by atomic mass is 10.2. The number of imide groups is 1. The summed E-state index contributed by atoms with van der Waals surface area (Å²) in [5.41, 5.74) is 1.91. The second-order valence-corrected chi connectivity index (χ2v) is 8.54. The lowest BCUT2D eigenvalue weighted by Gasteiger charge is -2.15. The molecule has 4 rings (SSSR count). The largest absolute Gasteiger partial charge is 0.465 e. The maximum absolute atomic E-state index is 13.0. The highest BCUT2D eigenvalue weighted by Gasteiger charge is 2.39. The molecule has 0 atom stereocenters. The second kappa shape index (κ2) is 10.1. The maximum Gasteiger partial charge on any atom is 0.337 e. The third-order valence-corrected chi connectivity index (χ3v) is 6.15. The Labute approximate surface area is 213 Å². The number of rotatable bonds is 6. The summed E-state index contributed by atoms with van der Waals surface area (Å²) in [5.74, 6) is -2.20. The van der Waals surface area contributed by atoms with Gasteiger partial charge in [-0.1, -0.05) is 23.7 Å². The van der Waals surface area contributed by atoms with Gasteiger partial charge in [-0.3, -0.25) is 14.4 Å². The zero-order chi connectivity index (χ0) is 25.1. The number of halogens is 2. The minimum atomic E-state index is -0.700. The highest BCUT2D eigenvalue weighted by atomic mass is 79.9. The van der Waals surface area contributed by atoms with Crippen LogP contribution in [-0.4, -0.2) is 30.8 Å².